The Morgan fingerprint density at radius 2 is 1.67 bits per heavy atom. The van der Waals surface area contributed by atoms with Crippen molar-refractivity contribution < 1.29 is 13.9 Å². The summed E-state index contributed by atoms with van der Waals surface area (Å²) in [6.07, 6.45) is 5.03. The zero-order valence-electron chi connectivity index (χ0n) is 20.8. The molecule has 4 heterocycles. The predicted octanol–water partition coefficient (Wildman–Crippen LogP) is 7.53. The lowest BCUT2D eigenvalue weighted by Crippen LogP contribution is -1.99. The van der Waals surface area contributed by atoms with Crippen molar-refractivity contribution in [3.8, 4) is 28.5 Å². The van der Waals surface area contributed by atoms with Crippen molar-refractivity contribution in [1.82, 2.24) is 20.2 Å². The first-order chi connectivity index (χ1) is 19.2. The molecule has 0 bridgehead atoms. The van der Waals surface area contributed by atoms with Crippen LogP contribution in [0.15, 0.2) is 108 Å². The average molecular weight is 512 g/mol. The molecule has 7 rings (SSSR count). The normalized spacial score (nSPS) is 11.2. The van der Waals surface area contributed by atoms with Gasteiger partial charge in [0.1, 0.15) is 28.3 Å². The van der Waals surface area contributed by atoms with E-state index in [2.05, 4.69) is 37.6 Å². The maximum Gasteiger partial charge on any atom is 0.161 e. The number of hydrogen-bond donors (Lipinski definition) is 1. The first-order valence-electron chi connectivity index (χ1n) is 12.3. The van der Waals surface area contributed by atoms with Crippen LogP contribution in [0.25, 0.3) is 44.0 Å². The number of pyridine rings is 2. The molecular weight excluding hydrogens is 490 g/mol. The number of fused-ring (bicyclic) bond motifs is 3. The molecule has 0 unspecified atom stereocenters. The maximum atomic E-state index is 6.12. The van der Waals surface area contributed by atoms with Crippen LogP contribution in [0.2, 0.25) is 0 Å². The minimum Gasteiger partial charge on any atom is -0.495 e. The minimum atomic E-state index is 0.615. The molecule has 0 aliphatic heterocycles. The van der Waals surface area contributed by atoms with Crippen LogP contribution in [-0.2, 0) is 0 Å². The lowest BCUT2D eigenvalue weighted by molar-refractivity contribution is 0.413. The van der Waals surface area contributed by atoms with Gasteiger partial charge in [-0.2, -0.15) is 0 Å². The molecule has 8 heteroatoms. The highest BCUT2D eigenvalue weighted by Crippen LogP contribution is 2.34. The first kappa shape index (κ1) is 22.7. The number of benzene rings is 3. The molecule has 0 amide bonds. The molecule has 8 nitrogen and oxygen atoms in total. The number of ether oxygens (including phenoxy) is 2. The lowest BCUT2D eigenvalue weighted by atomic mass is 10.0. The summed E-state index contributed by atoms with van der Waals surface area (Å²) < 4.78 is 16.9. The van der Waals surface area contributed by atoms with Crippen molar-refractivity contribution in [3.63, 3.8) is 0 Å². The Hall–Kier alpha value is -5.50. The molecule has 0 spiro atoms. The Morgan fingerprint density at radius 1 is 0.795 bits per heavy atom. The monoisotopic (exact) mass is 511 g/mol. The SMILES string of the molecule is COc1cnc2c(Oc3ccc(Nc4nnc(-c5ccc6occc6c5)c5ccccc45)cc3)ccnc2c1. The molecule has 1 N–H and O–H groups in total. The third kappa shape index (κ3) is 4.23. The fourth-order valence-electron chi connectivity index (χ4n) is 4.57. The number of hydrogen-bond acceptors (Lipinski definition) is 8. The van der Waals surface area contributed by atoms with Gasteiger partial charge in [-0.15, -0.1) is 10.2 Å². The summed E-state index contributed by atoms with van der Waals surface area (Å²) >= 11 is 0. The van der Waals surface area contributed by atoms with E-state index in [1.807, 2.05) is 66.7 Å². The smallest absolute Gasteiger partial charge is 0.161 e. The van der Waals surface area contributed by atoms with Gasteiger partial charge in [0.15, 0.2) is 11.6 Å². The Bertz CT molecular complexity index is 1970. The number of anilines is 2. The van der Waals surface area contributed by atoms with Gasteiger partial charge in [-0.05, 0) is 48.5 Å². The van der Waals surface area contributed by atoms with Crippen LogP contribution in [-0.4, -0.2) is 27.3 Å². The van der Waals surface area contributed by atoms with E-state index in [9.17, 15) is 0 Å². The summed E-state index contributed by atoms with van der Waals surface area (Å²) in [7, 11) is 1.60. The van der Waals surface area contributed by atoms with Gasteiger partial charge in [0, 0.05) is 45.7 Å². The van der Waals surface area contributed by atoms with Crippen LogP contribution in [0.1, 0.15) is 0 Å². The van der Waals surface area contributed by atoms with Crippen LogP contribution in [0, 0.1) is 0 Å². The second kappa shape index (κ2) is 9.42. The number of furan rings is 1. The van der Waals surface area contributed by atoms with E-state index in [4.69, 9.17) is 13.9 Å². The summed E-state index contributed by atoms with van der Waals surface area (Å²) in [5.41, 5.74) is 4.86. The molecule has 0 atom stereocenters. The molecule has 0 saturated carbocycles. The fourth-order valence-corrected chi connectivity index (χ4v) is 4.57. The zero-order valence-corrected chi connectivity index (χ0v) is 20.8. The molecule has 0 fully saturated rings. The third-order valence-electron chi connectivity index (χ3n) is 6.51. The molecule has 188 valence electrons. The zero-order chi connectivity index (χ0) is 26.2. The van der Waals surface area contributed by atoms with Gasteiger partial charge < -0.3 is 19.2 Å². The molecule has 0 aliphatic carbocycles. The van der Waals surface area contributed by atoms with Crippen molar-refractivity contribution in [1.29, 1.82) is 0 Å². The van der Waals surface area contributed by atoms with Crippen molar-refractivity contribution in [2.75, 3.05) is 12.4 Å². The van der Waals surface area contributed by atoms with Gasteiger partial charge in [-0.3, -0.25) is 4.98 Å². The van der Waals surface area contributed by atoms with Crippen LogP contribution in [0.4, 0.5) is 11.5 Å². The van der Waals surface area contributed by atoms with Crippen LogP contribution >= 0.6 is 0 Å². The van der Waals surface area contributed by atoms with Crippen LogP contribution < -0.4 is 14.8 Å². The van der Waals surface area contributed by atoms with E-state index >= 15 is 0 Å². The number of methoxy groups -OCH3 is 1. The third-order valence-corrected chi connectivity index (χ3v) is 6.51. The summed E-state index contributed by atoms with van der Waals surface area (Å²) in [6, 6.07) is 27.4. The largest absolute Gasteiger partial charge is 0.495 e. The van der Waals surface area contributed by atoms with Crippen molar-refractivity contribution in [2.24, 2.45) is 0 Å². The Kier molecular flexibility index (Phi) is 5.48. The van der Waals surface area contributed by atoms with Crippen molar-refractivity contribution in [2.45, 2.75) is 0 Å². The second-order valence-corrected chi connectivity index (χ2v) is 8.92. The van der Waals surface area contributed by atoms with E-state index in [-0.39, 0.29) is 0 Å². The molecule has 4 aromatic heterocycles. The van der Waals surface area contributed by atoms with E-state index in [0.717, 1.165) is 38.7 Å². The highest BCUT2D eigenvalue weighted by molar-refractivity contribution is 6.01. The predicted molar refractivity (Wildman–Crippen MR) is 151 cm³/mol. The van der Waals surface area contributed by atoms with Gasteiger partial charge >= 0.3 is 0 Å². The Balaban J connectivity index is 1.16. The van der Waals surface area contributed by atoms with Crippen molar-refractivity contribution in [3.05, 3.63) is 104 Å². The van der Waals surface area contributed by atoms with E-state index in [0.29, 0.717) is 34.1 Å². The highest BCUT2D eigenvalue weighted by Gasteiger charge is 2.13. The van der Waals surface area contributed by atoms with E-state index < -0.39 is 0 Å². The summed E-state index contributed by atoms with van der Waals surface area (Å²) in [5, 5.41) is 15.5. The number of rotatable bonds is 6. The molecule has 0 saturated heterocycles. The second-order valence-electron chi connectivity index (χ2n) is 8.92. The van der Waals surface area contributed by atoms with E-state index in [1.165, 1.54) is 0 Å². The van der Waals surface area contributed by atoms with Gasteiger partial charge in [0.25, 0.3) is 0 Å². The highest BCUT2D eigenvalue weighted by atomic mass is 16.5. The molecule has 7 aromatic rings. The summed E-state index contributed by atoms with van der Waals surface area (Å²) in [5.74, 6) is 2.60. The van der Waals surface area contributed by atoms with Crippen LogP contribution in [0.5, 0.6) is 17.2 Å². The summed E-state index contributed by atoms with van der Waals surface area (Å²) in [4.78, 5) is 8.81. The molecule has 3 aromatic carbocycles. The van der Waals surface area contributed by atoms with E-state index in [1.54, 1.807) is 31.8 Å². The maximum absolute atomic E-state index is 6.12. The molecule has 0 radical (unpaired) electrons. The first-order valence-corrected chi connectivity index (χ1v) is 12.3. The number of nitrogens with one attached hydrogen (secondary N) is 1. The Labute approximate surface area is 222 Å². The number of aromatic nitrogens is 4. The standard InChI is InChI=1S/C31H21N5O3/c1-37-23-17-26-30(33-18-23)28(12-14-32-26)39-22-9-7-21(8-10-22)34-31-25-5-3-2-4-24(25)29(35-36-31)20-6-11-27-19(16-20)13-15-38-27/h2-18H,1H3,(H,34,36). The minimum absolute atomic E-state index is 0.615. The average Bonchev–Trinajstić information content (AvgIpc) is 3.46. The van der Waals surface area contributed by atoms with Gasteiger partial charge in [0.2, 0.25) is 0 Å². The topological polar surface area (TPSA) is 95.2 Å². The fraction of sp³-hybridized carbons (Fsp3) is 0.0323. The Morgan fingerprint density at radius 3 is 2.54 bits per heavy atom. The van der Waals surface area contributed by atoms with Gasteiger partial charge in [-0.1, -0.05) is 24.3 Å². The van der Waals surface area contributed by atoms with Crippen molar-refractivity contribution >= 4 is 44.3 Å². The molecule has 0 aliphatic rings. The number of nitrogens with zero attached hydrogens (tertiary/aromatic N) is 4. The molecule has 39 heavy (non-hydrogen) atoms. The lowest BCUT2D eigenvalue weighted by Gasteiger charge is -2.12. The van der Waals surface area contributed by atoms with Gasteiger partial charge in [-0.25, -0.2) is 4.98 Å². The van der Waals surface area contributed by atoms with Crippen LogP contribution in [0.3, 0.4) is 0 Å². The quantitative estimate of drug-likeness (QED) is 0.245. The summed E-state index contributed by atoms with van der Waals surface area (Å²) in [6.45, 7) is 0. The molecular formula is C31H21N5O3. The van der Waals surface area contributed by atoms with Gasteiger partial charge in [0.05, 0.1) is 25.1 Å².